The third-order valence-electron chi connectivity index (χ3n) is 2.66. The second-order valence-corrected chi connectivity index (χ2v) is 6.25. The third kappa shape index (κ3) is 2.81. The molecule has 2 aromatic rings. The Labute approximate surface area is 121 Å². The lowest BCUT2D eigenvalue weighted by Crippen LogP contribution is -2.26. The number of nitrogens with zero attached hydrogens (tertiary/aromatic N) is 3. The number of aromatic nitrogens is 2. The zero-order chi connectivity index (χ0) is 14.8. The maximum Gasteiger partial charge on any atom is 0.250 e. The Balaban J connectivity index is 2.44. The molecule has 104 valence electrons. The predicted octanol–water partition coefficient (Wildman–Crippen LogP) is 2.33. The van der Waals surface area contributed by atoms with Gasteiger partial charge in [-0.15, -0.1) is 0 Å². The van der Waals surface area contributed by atoms with Gasteiger partial charge in [-0.25, -0.2) is 18.4 Å². The highest BCUT2D eigenvalue weighted by molar-refractivity contribution is 7.93. The van der Waals surface area contributed by atoms with Gasteiger partial charge in [-0.3, -0.25) is 4.72 Å². The van der Waals surface area contributed by atoms with E-state index in [1.807, 2.05) is 0 Å². The summed E-state index contributed by atoms with van der Waals surface area (Å²) >= 11 is 5.92. The van der Waals surface area contributed by atoms with Crippen molar-refractivity contribution in [2.24, 2.45) is 0 Å². The Morgan fingerprint density at radius 2 is 1.95 bits per heavy atom. The number of nitrogens with one attached hydrogen (secondary N) is 1. The van der Waals surface area contributed by atoms with Crippen molar-refractivity contribution in [1.29, 1.82) is 5.26 Å². The van der Waals surface area contributed by atoms with Crippen molar-refractivity contribution in [3.63, 3.8) is 0 Å². The van der Waals surface area contributed by atoms with Crippen molar-refractivity contribution in [2.75, 3.05) is 4.72 Å². The highest BCUT2D eigenvalue weighted by Gasteiger charge is 2.25. The van der Waals surface area contributed by atoms with Crippen LogP contribution in [-0.2, 0) is 10.0 Å². The summed E-state index contributed by atoms with van der Waals surface area (Å²) in [5, 5.41) is 7.63. The van der Waals surface area contributed by atoms with Crippen LogP contribution >= 0.6 is 11.6 Å². The summed E-state index contributed by atoms with van der Waals surface area (Å²) < 4.78 is 26.2. The van der Waals surface area contributed by atoms with Gasteiger partial charge in [0.2, 0.25) is 10.0 Å². The molecule has 0 aliphatic heterocycles. The molecule has 0 bridgehead atoms. The second kappa shape index (κ2) is 5.61. The van der Waals surface area contributed by atoms with E-state index in [1.165, 1.54) is 0 Å². The van der Waals surface area contributed by atoms with Crippen LogP contribution in [0.2, 0.25) is 5.15 Å². The van der Waals surface area contributed by atoms with Crippen LogP contribution in [0, 0.1) is 11.3 Å². The number of nitriles is 1. The minimum Gasteiger partial charge on any atom is -0.264 e. The molecule has 0 aliphatic rings. The van der Waals surface area contributed by atoms with Crippen LogP contribution in [0.3, 0.4) is 0 Å². The van der Waals surface area contributed by atoms with Crippen molar-refractivity contribution in [3.05, 3.63) is 29.4 Å². The maximum atomic E-state index is 12.0. The molecular weight excluding hydrogens is 300 g/mol. The van der Waals surface area contributed by atoms with Gasteiger partial charge in [0.15, 0.2) is 16.2 Å². The first-order valence-corrected chi connectivity index (χ1v) is 7.74. The third-order valence-corrected chi connectivity index (χ3v) is 4.59. The topological polar surface area (TPSA) is 95.7 Å². The van der Waals surface area contributed by atoms with Crippen molar-refractivity contribution < 1.29 is 8.42 Å². The fraction of sp³-hybridized carbons (Fsp3) is 0.250. The molecule has 0 spiro atoms. The average Bonchev–Trinajstić information content (AvgIpc) is 2.40. The van der Waals surface area contributed by atoms with Gasteiger partial charge >= 0.3 is 0 Å². The Kier molecular flexibility index (Phi) is 4.06. The number of rotatable bonds is 4. The maximum absolute atomic E-state index is 12.0. The minimum atomic E-state index is -3.86. The number of hydrogen-bond donors (Lipinski definition) is 1. The van der Waals surface area contributed by atoms with Crippen LogP contribution in [0.25, 0.3) is 11.0 Å². The van der Waals surface area contributed by atoms with Gasteiger partial charge in [0, 0.05) is 0 Å². The van der Waals surface area contributed by atoms with Crippen LogP contribution < -0.4 is 4.72 Å². The largest absolute Gasteiger partial charge is 0.264 e. The summed E-state index contributed by atoms with van der Waals surface area (Å²) in [6.45, 7) is 1.61. The molecule has 1 aromatic carbocycles. The van der Waals surface area contributed by atoms with Gasteiger partial charge in [0.1, 0.15) is 0 Å². The molecule has 1 unspecified atom stereocenters. The van der Waals surface area contributed by atoms with E-state index in [-0.39, 0.29) is 17.4 Å². The van der Waals surface area contributed by atoms with E-state index >= 15 is 0 Å². The number of sulfonamides is 1. The molecule has 2 rings (SSSR count). The Morgan fingerprint density at radius 1 is 1.35 bits per heavy atom. The summed E-state index contributed by atoms with van der Waals surface area (Å²) in [7, 11) is -3.86. The second-order valence-electron chi connectivity index (χ2n) is 4.02. The van der Waals surface area contributed by atoms with Crippen LogP contribution in [-0.4, -0.2) is 23.6 Å². The Bertz CT molecular complexity index is 786. The van der Waals surface area contributed by atoms with E-state index in [2.05, 4.69) is 14.7 Å². The number of para-hydroxylation sites is 2. The zero-order valence-corrected chi connectivity index (χ0v) is 12.1. The lowest BCUT2D eigenvalue weighted by Gasteiger charge is -2.11. The molecule has 0 aliphatic carbocycles. The number of hydrogen-bond acceptors (Lipinski definition) is 5. The van der Waals surface area contributed by atoms with E-state index < -0.39 is 15.3 Å². The first kappa shape index (κ1) is 14.5. The quantitative estimate of drug-likeness (QED) is 0.935. The molecule has 0 saturated carbocycles. The van der Waals surface area contributed by atoms with Crippen LogP contribution in [0.1, 0.15) is 13.3 Å². The van der Waals surface area contributed by atoms with Gasteiger partial charge in [-0.05, 0) is 18.6 Å². The van der Waals surface area contributed by atoms with Gasteiger partial charge < -0.3 is 0 Å². The average molecular weight is 311 g/mol. The summed E-state index contributed by atoms with van der Waals surface area (Å²) in [5.41, 5.74) is 1.08. The lowest BCUT2D eigenvalue weighted by molar-refractivity contribution is 0.592. The zero-order valence-electron chi connectivity index (χ0n) is 10.5. The van der Waals surface area contributed by atoms with Gasteiger partial charge in [-0.1, -0.05) is 30.7 Å². The van der Waals surface area contributed by atoms with E-state index in [1.54, 1.807) is 37.3 Å². The van der Waals surface area contributed by atoms with Crippen molar-refractivity contribution in [1.82, 2.24) is 9.97 Å². The Morgan fingerprint density at radius 3 is 2.50 bits per heavy atom. The molecule has 0 amide bonds. The highest BCUT2D eigenvalue weighted by Crippen LogP contribution is 2.23. The molecule has 1 heterocycles. The molecular formula is C12H11ClN4O2S. The van der Waals surface area contributed by atoms with Crippen molar-refractivity contribution in [2.45, 2.75) is 18.6 Å². The molecule has 8 heteroatoms. The van der Waals surface area contributed by atoms with E-state index in [0.717, 1.165) is 0 Å². The first-order valence-electron chi connectivity index (χ1n) is 5.81. The SMILES string of the molecule is CCC(C#N)S(=O)(=O)Nc1nc2ccccc2nc1Cl. The minimum absolute atomic E-state index is 0.0555. The number of halogens is 1. The van der Waals surface area contributed by atoms with Gasteiger partial charge in [-0.2, -0.15) is 5.26 Å². The highest BCUT2D eigenvalue weighted by atomic mass is 35.5. The van der Waals surface area contributed by atoms with Crippen LogP contribution in [0.15, 0.2) is 24.3 Å². The summed E-state index contributed by atoms with van der Waals surface area (Å²) in [6, 6.07) is 8.67. The standard InChI is InChI=1S/C12H11ClN4O2S/c1-2-8(7-14)20(18,19)17-12-11(13)15-9-5-3-4-6-10(9)16-12/h3-6,8H,2H2,1H3,(H,16,17). The molecule has 1 atom stereocenters. The normalized spacial score (nSPS) is 12.8. The van der Waals surface area contributed by atoms with Crippen molar-refractivity contribution in [3.8, 4) is 6.07 Å². The van der Waals surface area contributed by atoms with Crippen molar-refractivity contribution >= 4 is 38.5 Å². The van der Waals surface area contributed by atoms with Gasteiger partial charge in [0.25, 0.3) is 0 Å². The van der Waals surface area contributed by atoms with E-state index in [4.69, 9.17) is 16.9 Å². The predicted molar refractivity (Wildman–Crippen MR) is 76.8 cm³/mol. The fourth-order valence-electron chi connectivity index (χ4n) is 1.63. The van der Waals surface area contributed by atoms with Crippen LogP contribution in [0.4, 0.5) is 5.82 Å². The summed E-state index contributed by atoms with van der Waals surface area (Å²) in [6.07, 6.45) is 0.171. The molecule has 0 saturated heterocycles. The lowest BCUT2D eigenvalue weighted by atomic mass is 10.3. The molecule has 1 N–H and O–H groups in total. The number of anilines is 1. The van der Waals surface area contributed by atoms with Crippen LogP contribution in [0.5, 0.6) is 0 Å². The summed E-state index contributed by atoms with van der Waals surface area (Å²) in [4.78, 5) is 8.18. The first-order chi connectivity index (χ1) is 9.47. The van der Waals surface area contributed by atoms with Gasteiger partial charge in [0.05, 0.1) is 17.1 Å². The van der Waals surface area contributed by atoms with E-state index in [9.17, 15) is 8.42 Å². The molecule has 0 fully saturated rings. The fourth-order valence-corrected chi connectivity index (χ4v) is 3.00. The Hall–Kier alpha value is -1.91. The smallest absolute Gasteiger partial charge is 0.250 e. The monoisotopic (exact) mass is 310 g/mol. The molecule has 6 nitrogen and oxygen atoms in total. The summed E-state index contributed by atoms with van der Waals surface area (Å²) in [5.74, 6) is -0.0703. The molecule has 1 aromatic heterocycles. The van der Waals surface area contributed by atoms with E-state index in [0.29, 0.717) is 11.0 Å². The number of benzene rings is 1. The molecule has 0 radical (unpaired) electrons. The molecule has 20 heavy (non-hydrogen) atoms. The number of fused-ring (bicyclic) bond motifs is 1.